The minimum Gasteiger partial charge on any atom is -0.484 e. The van der Waals surface area contributed by atoms with Crippen molar-refractivity contribution in [3.05, 3.63) is 70.5 Å². The number of carbonyl (C=O) groups excluding carboxylic acids is 2. The number of hydrogen-bond donors (Lipinski definition) is 2. The number of amides is 2. The number of carbonyl (C=O) groups is 2. The fourth-order valence-electron chi connectivity index (χ4n) is 2.91. The number of nitrogens with one attached hydrogen (secondary N) is 2. The van der Waals surface area contributed by atoms with Crippen LogP contribution in [0, 0.1) is 6.92 Å². The van der Waals surface area contributed by atoms with Gasteiger partial charge >= 0.3 is 0 Å². The molecule has 0 saturated heterocycles. The fraction of sp³-hybridized carbons (Fsp3) is 0.182. The van der Waals surface area contributed by atoms with E-state index in [0.29, 0.717) is 32.6 Å². The standard InChI is InChI=1S/C22H20ClN7O3S2/c1-14-26-28-21(35-14)25-20(32)13-34-22-29-27-18(30(22)16-7-5-6-15(23)10-16)11-24-19(31)12-33-17-8-3-2-4-9-17/h2-10H,11-13H2,1H3,(H,24,31)(H,25,28,32). The van der Waals surface area contributed by atoms with E-state index >= 15 is 0 Å². The third-order valence-electron chi connectivity index (χ3n) is 4.43. The third kappa shape index (κ3) is 7.01. The molecular formula is C22H20ClN7O3S2. The van der Waals surface area contributed by atoms with Gasteiger partial charge in [-0.2, -0.15) is 0 Å². The topological polar surface area (TPSA) is 124 Å². The molecule has 0 bridgehead atoms. The van der Waals surface area contributed by atoms with Gasteiger partial charge < -0.3 is 10.1 Å². The largest absolute Gasteiger partial charge is 0.484 e. The maximum Gasteiger partial charge on any atom is 0.258 e. The smallest absolute Gasteiger partial charge is 0.258 e. The monoisotopic (exact) mass is 529 g/mol. The predicted octanol–water partition coefficient (Wildman–Crippen LogP) is 3.51. The first-order valence-corrected chi connectivity index (χ1v) is 12.5. The van der Waals surface area contributed by atoms with Crippen molar-refractivity contribution in [2.45, 2.75) is 18.6 Å². The molecule has 2 N–H and O–H groups in total. The summed E-state index contributed by atoms with van der Waals surface area (Å²) in [5.41, 5.74) is 0.704. The molecule has 13 heteroatoms. The number of ether oxygens (including phenoxy) is 1. The van der Waals surface area contributed by atoms with Gasteiger partial charge in [0.2, 0.25) is 11.0 Å². The summed E-state index contributed by atoms with van der Waals surface area (Å²) in [5, 5.41) is 23.9. The number of halogens is 1. The number of aromatic nitrogens is 5. The lowest BCUT2D eigenvalue weighted by atomic mass is 10.3. The number of thioether (sulfide) groups is 1. The minimum absolute atomic E-state index is 0.0780. The summed E-state index contributed by atoms with van der Waals surface area (Å²) in [6.07, 6.45) is 0. The van der Waals surface area contributed by atoms with Gasteiger partial charge in [-0.15, -0.1) is 20.4 Å². The number of benzene rings is 2. The van der Waals surface area contributed by atoms with Crippen molar-refractivity contribution in [1.29, 1.82) is 0 Å². The van der Waals surface area contributed by atoms with E-state index in [1.165, 1.54) is 23.1 Å². The number of para-hydroxylation sites is 1. The van der Waals surface area contributed by atoms with Gasteiger partial charge in [-0.25, -0.2) is 0 Å². The Morgan fingerprint density at radius 1 is 1.06 bits per heavy atom. The number of aryl methyl sites for hydroxylation is 1. The van der Waals surface area contributed by atoms with Crippen LogP contribution in [0.2, 0.25) is 5.02 Å². The van der Waals surface area contributed by atoms with Crippen molar-refractivity contribution < 1.29 is 14.3 Å². The summed E-state index contributed by atoms with van der Waals surface area (Å²) in [4.78, 5) is 24.7. The summed E-state index contributed by atoms with van der Waals surface area (Å²) < 4.78 is 7.22. The normalized spacial score (nSPS) is 10.7. The molecule has 0 aliphatic carbocycles. The second-order valence-corrected chi connectivity index (χ2v) is 9.62. The molecule has 0 aliphatic rings. The van der Waals surface area contributed by atoms with Gasteiger partial charge in [0.25, 0.3) is 5.91 Å². The highest BCUT2D eigenvalue weighted by molar-refractivity contribution is 7.99. The molecule has 0 unspecified atom stereocenters. The van der Waals surface area contributed by atoms with E-state index in [4.69, 9.17) is 16.3 Å². The van der Waals surface area contributed by atoms with Crippen LogP contribution in [0.3, 0.4) is 0 Å². The van der Waals surface area contributed by atoms with Crippen molar-refractivity contribution in [3.63, 3.8) is 0 Å². The summed E-state index contributed by atoms with van der Waals surface area (Å²) in [6.45, 7) is 1.78. The summed E-state index contributed by atoms with van der Waals surface area (Å²) >= 11 is 8.68. The minimum atomic E-state index is -0.310. The van der Waals surface area contributed by atoms with E-state index < -0.39 is 0 Å². The molecule has 0 atom stereocenters. The average molecular weight is 530 g/mol. The Bertz CT molecular complexity index is 1310. The lowest BCUT2D eigenvalue weighted by molar-refractivity contribution is -0.123. The highest BCUT2D eigenvalue weighted by atomic mass is 35.5. The molecule has 0 aliphatic heterocycles. The van der Waals surface area contributed by atoms with Gasteiger partial charge in [0, 0.05) is 5.02 Å². The second kappa shape index (κ2) is 11.8. The van der Waals surface area contributed by atoms with Crippen LogP contribution in [-0.4, -0.2) is 49.1 Å². The van der Waals surface area contributed by atoms with Gasteiger partial charge in [0.15, 0.2) is 17.6 Å². The van der Waals surface area contributed by atoms with E-state index in [1.807, 2.05) is 31.2 Å². The Kier molecular flexibility index (Phi) is 8.29. The van der Waals surface area contributed by atoms with Crippen LogP contribution in [0.4, 0.5) is 5.13 Å². The van der Waals surface area contributed by atoms with Crippen molar-refractivity contribution in [2.24, 2.45) is 0 Å². The maximum absolute atomic E-state index is 12.4. The van der Waals surface area contributed by atoms with Gasteiger partial charge in [0.1, 0.15) is 10.8 Å². The first-order chi connectivity index (χ1) is 17.0. The van der Waals surface area contributed by atoms with Crippen molar-refractivity contribution in [3.8, 4) is 11.4 Å². The number of rotatable bonds is 10. The SMILES string of the molecule is Cc1nnc(NC(=O)CSc2nnc(CNC(=O)COc3ccccc3)n2-c2cccc(Cl)c2)s1. The Labute approximate surface area is 214 Å². The van der Waals surface area contributed by atoms with Crippen molar-refractivity contribution >= 4 is 51.6 Å². The molecule has 2 aromatic heterocycles. The Morgan fingerprint density at radius 3 is 2.63 bits per heavy atom. The molecule has 2 aromatic carbocycles. The van der Waals surface area contributed by atoms with E-state index in [1.54, 1.807) is 34.9 Å². The number of nitrogens with zero attached hydrogens (tertiary/aromatic N) is 5. The molecule has 35 heavy (non-hydrogen) atoms. The van der Waals surface area contributed by atoms with Gasteiger partial charge in [-0.1, -0.05) is 59.0 Å². The van der Waals surface area contributed by atoms with Crippen LogP contribution in [0.1, 0.15) is 10.8 Å². The van der Waals surface area contributed by atoms with Gasteiger partial charge in [-0.3, -0.25) is 19.5 Å². The van der Waals surface area contributed by atoms with E-state index in [9.17, 15) is 9.59 Å². The van der Waals surface area contributed by atoms with Gasteiger partial charge in [-0.05, 0) is 37.3 Å². The molecular weight excluding hydrogens is 510 g/mol. The molecule has 10 nitrogen and oxygen atoms in total. The molecule has 0 saturated carbocycles. The molecule has 0 fully saturated rings. The second-order valence-electron chi connectivity index (χ2n) is 7.06. The van der Waals surface area contributed by atoms with Gasteiger partial charge in [0.05, 0.1) is 18.0 Å². The fourth-order valence-corrected chi connectivity index (χ4v) is 4.47. The number of hydrogen-bond acceptors (Lipinski definition) is 9. The lowest BCUT2D eigenvalue weighted by Gasteiger charge is -2.11. The molecule has 0 radical (unpaired) electrons. The highest BCUT2D eigenvalue weighted by Gasteiger charge is 2.17. The van der Waals surface area contributed by atoms with E-state index in [2.05, 4.69) is 31.0 Å². The Hall–Kier alpha value is -3.48. The number of anilines is 1. The van der Waals surface area contributed by atoms with E-state index in [0.717, 1.165) is 5.01 Å². The van der Waals surface area contributed by atoms with Crippen LogP contribution < -0.4 is 15.4 Å². The van der Waals surface area contributed by atoms with Crippen molar-refractivity contribution in [2.75, 3.05) is 17.7 Å². The van der Waals surface area contributed by atoms with Crippen LogP contribution >= 0.6 is 34.7 Å². The van der Waals surface area contributed by atoms with Crippen LogP contribution in [0.25, 0.3) is 5.69 Å². The summed E-state index contributed by atoms with van der Waals surface area (Å²) in [6, 6.07) is 16.2. The predicted molar refractivity (Wildman–Crippen MR) is 134 cm³/mol. The first-order valence-electron chi connectivity index (χ1n) is 10.4. The zero-order valence-electron chi connectivity index (χ0n) is 18.5. The molecule has 0 spiro atoms. The van der Waals surface area contributed by atoms with Crippen molar-refractivity contribution in [1.82, 2.24) is 30.3 Å². The molecule has 4 rings (SSSR count). The molecule has 2 amide bonds. The molecule has 2 heterocycles. The lowest BCUT2D eigenvalue weighted by Crippen LogP contribution is -2.29. The van der Waals surface area contributed by atoms with Crippen LogP contribution in [0.5, 0.6) is 5.75 Å². The van der Waals surface area contributed by atoms with E-state index in [-0.39, 0.29) is 30.7 Å². The Balaban J connectivity index is 1.43. The average Bonchev–Trinajstić information content (AvgIpc) is 3.46. The molecule has 4 aromatic rings. The maximum atomic E-state index is 12.4. The highest BCUT2D eigenvalue weighted by Crippen LogP contribution is 2.24. The quantitative estimate of drug-likeness (QED) is 0.299. The van der Waals surface area contributed by atoms with Crippen LogP contribution in [0.15, 0.2) is 59.8 Å². The zero-order chi connectivity index (χ0) is 24.6. The third-order valence-corrected chi connectivity index (χ3v) is 6.35. The zero-order valence-corrected chi connectivity index (χ0v) is 20.9. The first kappa shape index (κ1) is 24.6. The Morgan fingerprint density at radius 2 is 1.89 bits per heavy atom. The van der Waals surface area contributed by atoms with Crippen LogP contribution in [-0.2, 0) is 16.1 Å². The summed E-state index contributed by atoms with van der Waals surface area (Å²) in [7, 11) is 0. The summed E-state index contributed by atoms with van der Waals surface area (Å²) in [5.74, 6) is 0.595. The molecule has 180 valence electrons.